The number of hydrogen-bond acceptors (Lipinski definition) is 5. The van der Waals surface area contributed by atoms with E-state index >= 15 is 0 Å². The molecule has 21 heavy (non-hydrogen) atoms. The van der Waals surface area contributed by atoms with Crippen molar-refractivity contribution in [2.24, 2.45) is 0 Å². The van der Waals surface area contributed by atoms with Crippen molar-refractivity contribution >= 4 is 46.4 Å². The van der Waals surface area contributed by atoms with Crippen molar-refractivity contribution in [2.45, 2.75) is 0 Å². The summed E-state index contributed by atoms with van der Waals surface area (Å²) in [6, 6.07) is 7.18. The number of halogens is 3. The molecule has 0 saturated carbocycles. The molecule has 0 saturated heterocycles. The number of rotatable bonds is 2. The minimum Gasteiger partial charge on any atom is -0.351 e. The lowest BCUT2D eigenvalue weighted by atomic mass is 10.3. The summed E-state index contributed by atoms with van der Waals surface area (Å²) in [6.45, 7) is 0. The van der Waals surface area contributed by atoms with Crippen molar-refractivity contribution in [3.63, 3.8) is 0 Å². The Morgan fingerprint density at radius 1 is 0.952 bits per heavy atom. The summed E-state index contributed by atoms with van der Waals surface area (Å²) >= 11 is 17.2. The van der Waals surface area contributed by atoms with E-state index in [2.05, 4.69) is 30.2 Å². The van der Waals surface area contributed by atoms with Gasteiger partial charge < -0.3 is 10.3 Å². The predicted octanol–water partition coefficient (Wildman–Crippen LogP) is 3.99. The zero-order valence-electron chi connectivity index (χ0n) is 10.5. The minimum absolute atomic E-state index is 0.0227. The molecule has 108 valence electrons. The highest BCUT2D eigenvalue weighted by Crippen LogP contribution is 2.23. The first-order valence-electron chi connectivity index (χ1n) is 5.66. The summed E-state index contributed by atoms with van der Waals surface area (Å²) in [5.74, 6) is 0.248. The fraction of sp³-hybridized carbons (Fsp3) is 0. The fourth-order valence-electron chi connectivity index (χ4n) is 1.28. The van der Waals surface area contributed by atoms with E-state index in [0.717, 1.165) is 0 Å². The largest absolute Gasteiger partial charge is 0.351 e. The van der Waals surface area contributed by atoms with Crippen molar-refractivity contribution < 1.29 is 0 Å². The molecule has 1 aromatic carbocycles. The normalized spacial score (nSPS) is 9.67. The summed E-state index contributed by atoms with van der Waals surface area (Å²) in [4.78, 5) is 17.8. The molecule has 9 heteroatoms. The van der Waals surface area contributed by atoms with Crippen LogP contribution in [0.5, 0.6) is 0 Å². The van der Waals surface area contributed by atoms with Gasteiger partial charge in [0.2, 0.25) is 16.5 Å². The van der Waals surface area contributed by atoms with Gasteiger partial charge in [0, 0.05) is 12.4 Å². The third-order valence-corrected chi connectivity index (χ3v) is 2.77. The van der Waals surface area contributed by atoms with Crippen LogP contribution in [0.1, 0.15) is 0 Å². The highest BCUT2D eigenvalue weighted by Gasteiger charge is 2.05. The second-order valence-electron chi connectivity index (χ2n) is 3.56. The molecule has 0 atom stereocenters. The molecule has 2 N–H and O–H groups in total. The molecule has 0 aliphatic rings. The van der Waals surface area contributed by atoms with Gasteiger partial charge in [0.15, 0.2) is 0 Å². The third kappa shape index (κ3) is 5.18. The maximum absolute atomic E-state index is 5.95. The summed E-state index contributed by atoms with van der Waals surface area (Å²) in [6.07, 6.45) is 5.08. The Bertz CT molecular complexity index is 652. The van der Waals surface area contributed by atoms with Crippen molar-refractivity contribution in [1.29, 1.82) is 0 Å². The summed E-state index contributed by atoms with van der Waals surface area (Å²) in [5, 5.41) is 3.49. The van der Waals surface area contributed by atoms with Crippen LogP contribution in [-0.4, -0.2) is 24.9 Å². The number of para-hydroxylation sites is 1. The Hall–Kier alpha value is -1.89. The molecule has 2 aromatic heterocycles. The number of benzene rings is 1. The highest BCUT2D eigenvalue weighted by atomic mass is 35.5. The fourth-order valence-corrected chi connectivity index (χ4v) is 1.83. The van der Waals surface area contributed by atoms with Crippen LogP contribution in [0.3, 0.4) is 0 Å². The van der Waals surface area contributed by atoms with E-state index in [1.54, 1.807) is 30.9 Å². The summed E-state index contributed by atoms with van der Waals surface area (Å²) in [7, 11) is 0. The molecule has 6 nitrogen and oxygen atoms in total. The average Bonchev–Trinajstić information content (AvgIpc) is 2.99. The molecule has 0 amide bonds. The van der Waals surface area contributed by atoms with Crippen LogP contribution in [0.2, 0.25) is 15.6 Å². The molecule has 0 aliphatic heterocycles. The molecule has 2 heterocycles. The second kappa shape index (κ2) is 7.78. The van der Waals surface area contributed by atoms with Crippen LogP contribution < -0.4 is 5.32 Å². The minimum atomic E-state index is 0.0227. The lowest BCUT2D eigenvalue weighted by Gasteiger charge is -2.06. The van der Waals surface area contributed by atoms with Crippen LogP contribution in [-0.2, 0) is 0 Å². The van der Waals surface area contributed by atoms with Crippen LogP contribution in [0.15, 0.2) is 43.0 Å². The zero-order valence-corrected chi connectivity index (χ0v) is 12.7. The smallest absolute Gasteiger partial charge is 0.232 e. The van der Waals surface area contributed by atoms with Gasteiger partial charge >= 0.3 is 0 Å². The first-order valence-corrected chi connectivity index (χ1v) is 6.80. The van der Waals surface area contributed by atoms with Gasteiger partial charge in [-0.15, -0.1) is 0 Å². The van der Waals surface area contributed by atoms with Crippen LogP contribution in [0, 0.1) is 0 Å². The Labute approximate surface area is 135 Å². The van der Waals surface area contributed by atoms with Crippen molar-refractivity contribution in [3.8, 4) is 0 Å². The molecule has 0 bridgehead atoms. The number of aromatic nitrogens is 5. The monoisotopic (exact) mass is 342 g/mol. The Balaban J connectivity index is 0.000000272. The van der Waals surface area contributed by atoms with E-state index < -0.39 is 0 Å². The van der Waals surface area contributed by atoms with E-state index in [0.29, 0.717) is 10.7 Å². The zero-order chi connectivity index (χ0) is 15.1. The maximum atomic E-state index is 5.95. The average molecular weight is 344 g/mol. The van der Waals surface area contributed by atoms with Gasteiger partial charge in [-0.2, -0.15) is 15.0 Å². The lowest BCUT2D eigenvalue weighted by molar-refractivity contribution is 1.05. The maximum Gasteiger partial charge on any atom is 0.232 e. The van der Waals surface area contributed by atoms with Gasteiger partial charge in [-0.1, -0.05) is 23.7 Å². The Morgan fingerprint density at radius 3 is 2.19 bits per heavy atom. The molecule has 0 radical (unpaired) electrons. The Kier molecular flexibility index (Phi) is 5.74. The first kappa shape index (κ1) is 15.5. The molecule has 0 fully saturated rings. The molecular weight excluding hydrogens is 335 g/mol. The SMILES string of the molecule is Clc1nc(Cl)nc(Nc2ccccc2Cl)n1.c1c[nH]cn1. The molecule has 3 aromatic rings. The molecule has 0 spiro atoms. The van der Waals surface area contributed by atoms with Gasteiger partial charge in [-0.3, -0.25) is 0 Å². The number of hydrogen-bond donors (Lipinski definition) is 2. The van der Waals surface area contributed by atoms with Crippen LogP contribution in [0.25, 0.3) is 0 Å². The van der Waals surface area contributed by atoms with Gasteiger partial charge in [0.05, 0.1) is 17.0 Å². The lowest BCUT2D eigenvalue weighted by Crippen LogP contribution is -1.99. The summed E-state index contributed by atoms with van der Waals surface area (Å²) < 4.78 is 0. The number of aromatic amines is 1. The standard InChI is InChI=1S/C9H5Cl3N4.C3H4N2/c10-5-3-1-2-4-6(5)13-9-15-7(11)14-8(12)16-9;1-2-5-3-4-1/h1-4H,(H,13,14,15,16);1-3H,(H,4,5). The van der Waals surface area contributed by atoms with Gasteiger partial charge in [0.1, 0.15) is 0 Å². The van der Waals surface area contributed by atoms with Crippen molar-refractivity contribution in [2.75, 3.05) is 5.32 Å². The van der Waals surface area contributed by atoms with Gasteiger partial charge in [-0.25, -0.2) is 4.98 Å². The third-order valence-electron chi connectivity index (χ3n) is 2.11. The molecule has 0 aliphatic carbocycles. The van der Waals surface area contributed by atoms with Gasteiger partial charge in [-0.05, 0) is 35.3 Å². The number of nitrogens with zero attached hydrogens (tertiary/aromatic N) is 4. The van der Waals surface area contributed by atoms with Crippen molar-refractivity contribution in [3.05, 3.63) is 58.6 Å². The van der Waals surface area contributed by atoms with E-state index in [1.807, 2.05) is 12.1 Å². The van der Waals surface area contributed by atoms with Crippen LogP contribution in [0.4, 0.5) is 11.6 Å². The molecule has 3 rings (SSSR count). The quantitative estimate of drug-likeness (QED) is 0.735. The van der Waals surface area contributed by atoms with Gasteiger partial charge in [0.25, 0.3) is 0 Å². The number of nitrogens with one attached hydrogen (secondary N) is 2. The van der Waals surface area contributed by atoms with E-state index in [-0.39, 0.29) is 16.5 Å². The number of imidazole rings is 1. The molecular formula is C12H9Cl3N6. The highest BCUT2D eigenvalue weighted by molar-refractivity contribution is 6.33. The van der Waals surface area contributed by atoms with Crippen molar-refractivity contribution in [1.82, 2.24) is 24.9 Å². The topological polar surface area (TPSA) is 79.4 Å². The van der Waals surface area contributed by atoms with E-state index in [4.69, 9.17) is 34.8 Å². The summed E-state index contributed by atoms with van der Waals surface area (Å²) in [5.41, 5.74) is 0.669. The molecule has 0 unspecified atom stereocenters. The van der Waals surface area contributed by atoms with E-state index in [9.17, 15) is 0 Å². The number of H-pyrrole nitrogens is 1. The first-order chi connectivity index (χ1) is 10.1. The van der Waals surface area contributed by atoms with Crippen LogP contribution >= 0.6 is 34.8 Å². The van der Waals surface area contributed by atoms with E-state index in [1.165, 1.54) is 0 Å². The second-order valence-corrected chi connectivity index (χ2v) is 4.65. The number of anilines is 2. The Morgan fingerprint density at radius 2 is 1.67 bits per heavy atom. The predicted molar refractivity (Wildman–Crippen MR) is 83.2 cm³/mol.